The second-order valence-electron chi connectivity index (χ2n) is 4.55. The Morgan fingerprint density at radius 2 is 2.24 bits per heavy atom. The fourth-order valence-electron chi connectivity index (χ4n) is 2.43. The molecule has 2 unspecified atom stereocenters. The minimum absolute atomic E-state index is 0.278. The van der Waals surface area contributed by atoms with Crippen molar-refractivity contribution in [2.24, 2.45) is 5.92 Å². The Morgan fingerprint density at radius 3 is 2.94 bits per heavy atom. The molecule has 2 nitrogen and oxygen atoms in total. The molecule has 0 radical (unpaired) electrons. The van der Waals surface area contributed by atoms with Gasteiger partial charge in [0.05, 0.1) is 0 Å². The summed E-state index contributed by atoms with van der Waals surface area (Å²) in [6, 6.07) is 1.83. The molecule has 0 spiro atoms. The number of ether oxygens (including phenoxy) is 1. The Hall–Kier alpha value is -0.280. The molecule has 4 heteroatoms. The van der Waals surface area contributed by atoms with Crippen LogP contribution in [0.5, 0.6) is 5.88 Å². The molecule has 1 heterocycles. The first-order valence-corrected chi connectivity index (χ1v) is 7.35. The average molecular weight is 319 g/mol. The summed E-state index contributed by atoms with van der Waals surface area (Å²) in [5.74, 6) is 1.21. The summed E-state index contributed by atoms with van der Waals surface area (Å²) in [5, 5.41) is 0.583. The minimum atomic E-state index is 0.278. The van der Waals surface area contributed by atoms with Crippen molar-refractivity contribution in [2.45, 2.75) is 45.1 Å². The lowest BCUT2D eigenvalue weighted by atomic mass is 9.85. The summed E-state index contributed by atoms with van der Waals surface area (Å²) in [6.45, 7) is 2.23. The third-order valence-electron chi connectivity index (χ3n) is 3.40. The Labute approximate surface area is 116 Å². The van der Waals surface area contributed by atoms with Gasteiger partial charge in [-0.1, -0.05) is 24.9 Å². The summed E-state index contributed by atoms with van der Waals surface area (Å²) in [4.78, 5) is 4.24. The smallest absolute Gasteiger partial charge is 0.232 e. The predicted octanol–water partition coefficient (Wildman–Crippen LogP) is 4.85. The van der Waals surface area contributed by atoms with Gasteiger partial charge in [-0.15, -0.1) is 0 Å². The van der Waals surface area contributed by atoms with E-state index in [9.17, 15) is 0 Å². The molecule has 2 atom stereocenters. The van der Waals surface area contributed by atoms with Crippen LogP contribution in [-0.4, -0.2) is 11.1 Å². The quantitative estimate of drug-likeness (QED) is 0.795. The Balaban J connectivity index is 2.08. The molecule has 1 saturated carbocycles. The fourth-order valence-corrected chi connectivity index (χ4v) is 3.10. The van der Waals surface area contributed by atoms with Crippen molar-refractivity contribution in [2.75, 3.05) is 0 Å². The second-order valence-corrected chi connectivity index (χ2v) is 5.87. The van der Waals surface area contributed by atoms with Crippen LogP contribution in [0.4, 0.5) is 0 Å². The Morgan fingerprint density at radius 1 is 1.47 bits per heavy atom. The summed E-state index contributed by atoms with van der Waals surface area (Å²) >= 11 is 9.47. The minimum Gasteiger partial charge on any atom is -0.473 e. The SMILES string of the molecule is CCC1CCCCC1Oc1ncc(Br)cc1Cl. The van der Waals surface area contributed by atoms with Gasteiger partial charge in [-0.25, -0.2) is 4.98 Å². The van der Waals surface area contributed by atoms with E-state index < -0.39 is 0 Å². The molecular formula is C13H17BrClNO. The number of rotatable bonds is 3. The van der Waals surface area contributed by atoms with E-state index in [1.165, 1.54) is 25.7 Å². The molecule has 0 aromatic carbocycles. The molecule has 0 bridgehead atoms. The highest BCUT2D eigenvalue weighted by atomic mass is 79.9. The lowest BCUT2D eigenvalue weighted by molar-refractivity contribution is 0.0859. The number of halogens is 2. The van der Waals surface area contributed by atoms with Crippen molar-refractivity contribution >= 4 is 27.5 Å². The maximum absolute atomic E-state index is 6.12. The van der Waals surface area contributed by atoms with Crippen molar-refractivity contribution in [3.63, 3.8) is 0 Å². The number of hydrogen-bond donors (Lipinski definition) is 0. The number of nitrogens with zero attached hydrogens (tertiary/aromatic N) is 1. The van der Waals surface area contributed by atoms with Crippen LogP contribution in [0.3, 0.4) is 0 Å². The highest BCUT2D eigenvalue weighted by molar-refractivity contribution is 9.10. The third kappa shape index (κ3) is 3.35. The molecule has 1 aromatic heterocycles. The van der Waals surface area contributed by atoms with Crippen LogP contribution in [-0.2, 0) is 0 Å². The second kappa shape index (κ2) is 6.05. The first-order valence-electron chi connectivity index (χ1n) is 6.18. The van der Waals surface area contributed by atoms with Gasteiger partial charge in [0.1, 0.15) is 11.1 Å². The van der Waals surface area contributed by atoms with Crippen LogP contribution in [0.25, 0.3) is 0 Å². The molecule has 94 valence electrons. The van der Waals surface area contributed by atoms with Gasteiger partial charge < -0.3 is 4.74 Å². The average Bonchev–Trinajstić information content (AvgIpc) is 2.33. The number of pyridine rings is 1. The van der Waals surface area contributed by atoms with Crippen molar-refractivity contribution < 1.29 is 4.74 Å². The predicted molar refractivity (Wildman–Crippen MR) is 73.6 cm³/mol. The number of aromatic nitrogens is 1. The van der Waals surface area contributed by atoms with Gasteiger partial charge in [0.25, 0.3) is 0 Å². The van der Waals surface area contributed by atoms with Crippen molar-refractivity contribution in [3.05, 3.63) is 21.8 Å². The van der Waals surface area contributed by atoms with Gasteiger partial charge in [0, 0.05) is 10.7 Å². The highest BCUT2D eigenvalue weighted by Crippen LogP contribution is 2.32. The lowest BCUT2D eigenvalue weighted by Gasteiger charge is -2.30. The van der Waals surface area contributed by atoms with Gasteiger partial charge in [0.2, 0.25) is 5.88 Å². The van der Waals surface area contributed by atoms with Crippen LogP contribution in [0.1, 0.15) is 39.0 Å². The topological polar surface area (TPSA) is 22.1 Å². The molecule has 1 aromatic rings. The van der Waals surface area contributed by atoms with E-state index in [-0.39, 0.29) is 6.10 Å². The summed E-state index contributed by atoms with van der Waals surface area (Å²) in [6.07, 6.45) is 8.11. The van der Waals surface area contributed by atoms with Crippen LogP contribution < -0.4 is 4.74 Å². The van der Waals surface area contributed by atoms with Gasteiger partial charge in [0.15, 0.2) is 0 Å². The molecule has 0 saturated heterocycles. The Bertz CT molecular complexity index is 386. The van der Waals surface area contributed by atoms with E-state index in [0.29, 0.717) is 16.8 Å². The van der Waals surface area contributed by atoms with Gasteiger partial charge >= 0.3 is 0 Å². The van der Waals surface area contributed by atoms with E-state index in [1.54, 1.807) is 6.20 Å². The maximum Gasteiger partial charge on any atom is 0.232 e. The van der Waals surface area contributed by atoms with E-state index in [1.807, 2.05) is 6.07 Å². The molecular weight excluding hydrogens is 302 g/mol. The summed E-state index contributed by atoms with van der Waals surface area (Å²) in [7, 11) is 0. The zero-order chi connectivity index (χ0) is 12.3. The van der Waals surface area contributed by atoms with Gasteiger partial charge in [-0.05, 0) is 53.6 Å². The van der Waals surface area contributed by atoms with Gasteiger partial charge in [-0.2, -0.15) is 0 Å². The highest BCUT2D eigenvalue weighted by Gasteiger charge is 2.26. The lowest BCUT2D eigenvalue weighted by Crippen LogP contribution is -2.30. The van der Waals surface area contributed by atoms with Crippen molar-refractivity contribution in [3.8, 4) is 5.88 Å². The molecule has 17 heavy (non-hydrogen) atoms. The first kappa shape index (κ1) is 13.2. The standard InChI is InChI=1S/C13H17BrClNO/c1-2-9-5-3-4-6-12(9)17-13-11(15)7-10(14)8-16-13/h7-9,12H,2-6H2,1H3. The van der Waals surface area contributed by atoms with Gasteiger partial charge in [-0.3, -0.25) is 0 Å². The van der Waals surface area contributed by atoms with Crippen LogP contribution >= 0.6 is 27.5 Å². The van der Waals surface area contributed by atoms with E-state index in [2.05, 4.69) is 27.8 Å². The molecule has 2 rings (SSSR count). The summed E-state index contributed by atoms with van der Waals surface area (Å²) in [5.41, 5.74) is 0. The monoisotopic (exact) mass is 317 g/mol. The normalized spacial score (nSPS) is 24.6. The molecule has 1 aliphatic rings. The summed E-state index contributed by atoms with van der Waals surface area (Å²) < 4.78 is 6.86. The molecule has 0 amide bonds. The zero-order valence-corrected chi connectivity index (χ0v) is 12.3. The van der Waals surface area contributed by atoms with E-state index in [4.69, 9.17) is 16.3 Å². The molecule has 0 N–H and O–H groups in total. The molecule has 1 aliphatic carbocycles. The maximum atomic E-state index is 6.12. The van der Waals surface area contributed by atoms with E-state index in [0.717, 1.165) is 10.9 Å². The zero-order valence-electron chi connectivity index (χ0n) is 9.96. The van der Waals surface area contributed by atoms with Crippen molar-refractivity contribution in [1.82, 2.24) is 4.98 Å². The molecule has 1 fully saturated rings. The molecule has 0 aliphatic heterocycles. The van der Waals surface area contributed by atoms with Crippen molar-refractivity contribution in [1.29, 1.82) is 0 Å². The fraction of sp³-hybridized carbons (Fsp3) is 0.615. The number of hydrogen-bond acceptors (Lipinski definition) is 2. The Kier molecular flexibility index (Phi) is 4.69. The van der Waals surface area contributed by atoms with Crippen LogP contribution in [0.2, 0.25) is 5.02 Å². The largest absolute Gasteiger partial charge is 0.473 e. The van der Waals surface area contributed by atoms with Crippen LogP contribution in [0.15, 0.2) is 16.7 Å². The third-order valence-corrected chi connectivity index (χ3v) is 4.11. The van der Waals surface area contributed by atoms with Crippen LogP contribution in [0, 0.1) is 5.92 Å². The first-order chi connectivity index (χ1) is 8.20. The van der Waals surface area contributed by atoms with E-state index >= 15 is 0 Å².